The number of aryl methyl sites for hydroxylation is 1. The minimum absolute atomic E-state index is 0.264. The second-order valence-corrected chi connectivity index (χ2v) is 7.93. The number of rotatable bonds is 2. The highest BCUT2D eigenvalue weighted by molar-refractivity contribution is 6.39. The number of nitrogens with zero attached hydrogens (tertiary/aromatic N) is 4. The van der Waals surface area contributed by atoms with Crippen molar-refractivity contribution in [3.63, 3.8) is 0 Å². The van der Waals surface area contributed by atoms with Gasteiger partial charge in [-0.05, 0) is 18.1 Å². The Labute approximate surface area is 181 Å². The van der Waals surface area contributed by atoms with Crippen LogP contribution < -0.4 is 5.32 Å². The van der Waals surface area contributed by atoms with E-state index in [2.05, 4.69) is 24.6 Å². The van der Waals surface area contributed by atoms with Crippen LogP contribution in [0.4, 0.5) is 0 Å². The average molecular weight is 417 g/mol. The molecule has 3 aromatic carbocycles. The summed E-state index contributed by atoms with van der Waals surface area (Å²) < 4.78 is 2.97. The van der Waals surface area contributed by atoms with Gasteiger partial charge in [0.05, 0.1) is 33.2 Å². The molecule has 5 aromatic rings. The Balaban J connectivity index is 2.06. The van der Waals surface area contributed by atoms with Crippen molar-refractivity contribution in [1.29, 1.82) is 10.5 Å². The first-order chi connectivity index (χ1) is 15.6. The molecule has 2 aromatic heterocycles. The third-order valence-electron chi connectivity index (χ3n) is 6.32. The lowest BCUT2D eigenvalue weighted by Gasteiger charge is -2.05. The van der Waals surface area contributed by atoms with Gasteiger partial charge in [-0.15, -0.1) is 0 Å². The topological polar surface area (TPSA) is 104 Å². The van der Waals surface area contributed by atoms with E-state index in [1.807, 2.05) is 36.4 Å². The molecule has 1 aliphatic rings. The van der Waals surface area contributed by atoms with E-state index in [1.165, 1.54) is 9.13 Å². The van der Waals surface area contributed by atoms with Gasteiger partial charge < -0.3 is 0 Å². The molecule has 3 heterocycles. The molecule has 0 unspecified atom stereocenters. The van der Waals surface area contributed by atoms with Crippen molar-refractivity contribution in [3.05, 3.63) is 59.2 Å². The summed E-state index contributed by atoms with van der Waals surface area (Å²) in [4.78, 5) is 26.0. The molecular formula is C25H15N5O2. The summed E-state index contributed by atoms with van der Waals surface area (Å²) in [6, 6.07) is 13.0. The monoisotopic (exact) mass is 417 g/mol. The van der Waals surface area contributed by atoms with Gasteiger partial charge in [0.25, 0.3) is 11.8 Å². The summed E-state index contributed by atoms with van der Waals surface area (Å²) in [5, 5.41) is 25.2. The van der Waals surface area contributed by atoms with E-state index in [0.29, 0.717) is 38.2 Å². The highest BCUT2D eigenvalue weighted by Gasteiger charge is 2.37. The number of carbonyl (C=O) groups excluding carboxylic acids is 2. The summed E-state index contributed by atoms with van der Waals surface area (Å²) in [6.07, 6.45) is 6.13. The molecule has 6 rings (SSSR count). The van der Waals surface area contributed by atoms with Crippen molar-refractivity contribution in [3.8, 4) is 12.4 Å². The number of nitriles is 2. The van der Waals surface area contributed by atoms with Gasteiger partial charge in [-0.3, -0.25) is 14.9 Å². The first kappa shape index (κ1) is 18.2. The molecule has 0 aliphatic carbocycles. The second-order valence-electron chi connectivity index (χ2n) is 7.93. The third kappa shape index (κ3) is 1.98. The van der Waals surface area contributed by atoms with Crippen molar-refractivity contribution in [2.75, 3.05) is 0 Å². The van der Waals surface area contributed by atoms with Gasteiger partial charge >= 0.3 is 0 Å². The first-order valence-corrected chi connectivity index (χ1v) is 10.3. The van der Waals surface area contributed by atoms with E-state index in [9.17, 15) is 20.1 Å². The lowest BCUT2D eigenvalue weighted by molar-refractivity contribution is 0.0880. The molecule has 152 valence electrons. The summed E-state index contributed by atoms with van der Waals surface area (Å²) in [7, 11) is 0. The number of fused-ring (bicyclic) bond motifs is 10. The Morgan fingerprint density at radius 2 is 1.44 bits per heavy atom. The van der Waals surface area contributed by atoms with Crippen molar-refractivity contribution in [2.45, 2.75) is 19.8 Å². The van der Waals surface area contributed by atoms with Crippen molar-refractivity contribution >= 4 is 55.4 Å². The standard InChI is InChI=1S/C25H15N5O2/c1-2-6-13-7-5-9-15-18-20-19(24(31)28-25(20)32)17-14-8-3-4-10-16(14)29(11-26)22(17)23(18)30(12-27)21(13)15/h3-5,7-10H,2,6H2,1H3,(H,28,31,32). The maximum atomic E-state index is 13.0. The fourth-order valence-corrected chi connectivity index (χ4v) is 5.21. The number of para-hydroxylation sites is 2. The Morgan fingerprint density at radius 1 is 0.812 bits per heavy atom. The van der Waals surface area contributed by atoms with Crippen LogP contribution in [0.1, 0.15) is 39.6 Å². The minimum atomic E-state index is -0.486. The third-order valence-corrected chi connectivity index (χ3v) is 6.32. The highest BCUT2D eigenvalue weighted by Crippen LogP contribution is 2.45. The number of hydrogen-bond donors (Lipinski definition) is 1. The van der Waals surface area contributed by atoms with Crippen LogP contribution in [0.25, 0.3) is 43.6 Å². The van der Waals surface area contributed by atoms with Crippen LogP contribution in [0, 0.1) is 22.9 Å². The van der Waals surface area contributed by atoms with Gasteiger partial charge in [-0.1, -0.05) is 49.7 Å². The molecule has 1 N–H and O–H groups in total. The van der Waals surface area contributed by atoms with Gasteiger partial charge in [0.1, 0.15) is 0 Å². The Hall–Kier alpha value is -4.62. The van der Waals surface area contributed by atoms with E-state index >= 15 is 0 Å². The summed E-state index contributed by atoms with van der Waals surface area (Å²) in [5.74, 6) is -0.969. The van der Waals surface area contributed by atoms with E-state index in [0.717, 1.165) is 23.8 Å². The van der Waals surface area contributed by atoms with Crippen LogP contribution >= 0.6 is 0 Å². The molecule has 0 atom stereocenters. The number of carbonyl (C=O) groups is 2. The zero-order valence-electron chi connectivity index (χ0n) is 17.1. The highest BCUT2D eigenvalue weighted by atomic mass is 16.2. The molecule has 7 nitrogen and oxygen atoms in total. The second kappa shape index (κ2) is 6.19. The van der Waals surface area contributed by atoms with E-state index in [1.54, 1.807) is 6.07 Å². The van der Waals surface area contributed by atoms with Crippen molar-refractivity contribution < 1.29 is 9.59 Å². The van der Waals surface area contributed by atoms with Gasteiger partial charge in [0, 0.05) is 21.5 Å². The fourth-order valence-electron chi connectivity index (χ4n) is 5.21. The molecule has 0 radical (unpaired) electrons. The SMILES string of the molecule is CCCc1cccc2c3c4c(c5c6ccccc6n(C#N)c5c3n(C#N)c12)C(=O)NC4=O. The van der Waals surface area contributed by atoms with Gasteiger partial charge in [-0.25, -0.2) is 9.13 Å². The predicted octanol–water partition coefficient (Wildman–Crippen LogP) is 4.40. The predicted molar refractivity (Wildman–Crippen MR) is 120 cm³/mol. The summed E-state index contributed by atoms with van der Waals surface area (Å²) in [5.41, 5.74) is 3.79. The molecule has 7 heteroatoms. The van der Waals surface area contributed by atoms with Crippen molar-refractivity contribution in [2.24, 2.45) is 0 Å². The number of hydrogen-bond acceptors (Lipinski definition) is 4. The van der Waals surface area contributed by atoms with Crippen LogP contribution in [0.15, 0.2) is 42.5 Å². The van der Waals surface area contributed by atoms with Gasteiger partial charge in [0.15, 0.2) is 12.4 Å². The number of aromatic nitrogens is 2. The lowest BCUT2D eigenvalue weighted by Crippen LogP contribution is -2.20. The molecule has 1 aliphatic heterocycles. The minimum Gasteiger partial charge on any atom is -0.288 e. The Bertz CT molecular complexity index is 1770. The molecule has 2 amide bonds. The first-order valence-electron chi connectivity index (χ1n) is 10.3. The van der Waals surface area contributed by atoms with E-state index in [4.69, 9.17) is 0 Å². The fraction of sp³-hybridized carbons (Fsp3) is 0.120. The van der Waals surface area contributed by atoms with Crippen LogP contribution in [-0.2, 0) is 6.42 Å². The smallest absolute Gasteiger partial charge is 0.259 e. The maximum Gasteiger partial charge on any atom is 0.259 e. The normalized spacial score (nSPS) is 13.1. The zero-order valence-corrected chi connectivity index (χ0v) is 17.1. The molecular weight excluding hydrogens is 402 g/mol. The summed E-state index contributed by atoms with van der Waals surface area (Å²) in [6.45, 7) is 2.06. The number of benzene rings is 3. The Kier molecular flexibility index (Phi) is 3.52. The Morgan fingerprint density at radius 3 is 2.12 bits per heavy atom. The summed E-state index contributed by atoms with van der Waals surface area (Å²) >= 11 is 0. The van der Waals surface area contributed by atoms with E-state index < -0.39 is 11.8 Å². The zero-order chi connectivity index (χ0) is 22.1. The van der Waals surface area contributed by atoms with Crippen molar-refractivity contribution in [1.82, 2.24) is 14.5 Å². The average Bonchev–Trinajstić information content (AvgIpc) is 3.41. The van der Waals surface area contributed by atoms with Crippen LogP contribution in [0.2, 0.25) is 0 Å². The lowest BCUT2D eigenvalue weighted by atomic mass is 9.96. The molecule has 32 heavy (non-hydrogen) atoms. The molecule has 0 saturated heterocycles. The van der Waals surface area contributed by atoms with E-state index in [-0.39, 0.29) is 11.1 Å². The van der Waals surface area contributed by atoms with Gasteiger partial charge in [-0.2, -0.15) is 10.5 Å². The van der Waals surface area contributed by atoms with Crippen LogP contribution in [0.5, 0.6) is 0 Å². The number of nitrogens with one attached hydrogen (secondary N) is 1. The molecule has 0 fully saturated rings. The molecule has 0 bridgehead atoms. The largest absolute Gasteiger partial charge is 0.288 e. The van der Waals surface area contributed by atoms with Crippen LogP contribution in [0.3, 0.4) is 0 Å². The maximum absolute atomic E-state index is 13.0. The molecule has 0 saturated carbocycles. The quantitative estimate of drug-likeness (QED) is 0.430. The molecule has 0 spiro atoms. The number of imide groups is 1. The number of amides is 2. The van der Waals surface area contributed by atoms with Gasteiger partial charge in [0.2, 0.25) is 0 Å². The van der Waals surface area contributed by atoms with Crippen LogP contribution in [-0.4, -0.2) is 20.9 Å².